The van der Waals surface area contributed by atoms with Crippen molar-refractivity contribution < 1.29 is 23.8 Å². The van der Waals surface area contributed by atoms with Crippen molar-refractivity contribution in [2.24, 2.45) is 5.92 Å². The van der Waals surface area contributed by atoms with Crippen molar-refractivity contribution in [2.45, 2.75) is 84.7 Å². The molecule has 2 aliphatic rings. The lowest BCUT2D eigenvalue weighted by Crippen LogP contribution is -2.35. The molecule has 1 aliphatic heterocycles. The Labute approximate surface area is 239 Å². The van der Waals surface area contributed by atoms with Gasteiger partial charge in [0, 0.05) is 31.0 Å². The number of methoxy groups -OCH3 is 1. The van der Waals surface area contributed by atoms with Gasteiger partial charge in [0.2, 0.25) is 0 Å². The van der Waals surface area contributed by atoms with Crippen molar-refractivity contribution in [3.8, 4) is 5.75 Å². The Bertz CT molecular complexity index is 1120. The molecule has 6 nitrogen and oxygen atoms in total. The van der Waals surface area contributed by atoms with Crippen LogP contribution < -0.4 is 9.64 Å². The zero-order chi connectivity index (χ0) is 28.6. The van der Waals surface area contributed by atoms with E-state index in [-0.39, 0.29) is 29.9 Å². The first-order chi connectivity index (χ1) is 18.5. The molecule has 39 heavy (non-hydrogen) atoms. The van der Waals surface area contributed by atoms with Gasteiger partial charge in [0.15, 0.2) is 0 Å². The summed E-state index contributed by atoms with van der Waals surface area (Å²) in [6, 6.07) is 12.4. The number of hydrogen-bond donors (Lipinski definition) is 0. The van der Waals surface area contributed by atoms with Gasteiger partial charge in [-0.1, -0.05) is 43.5 Å². The van der Waals surface area contributed by atoms with E-state index >= 15 is 0 Å². The third kappa shape index (κ3) is 9.45. The highest BCUT2D eigenvalue weighted by atomic mass is 35.5. The predicted molar refractivity (Wildman–Crippen MR) is 157 cm³/mol. The zero-order valence-corrected chi connectivity index (χ0v) is 25.1. The van der Waals surface area contributed by atoms with E-state index in [0.717, 1.165) is 53.9 Å². The van der Waals surface area contributed by atoms with Gasteiger partial charge >= 0.3 is 11.9 Å². The number of aryl methyl sites for hydroxylation is 1. The molecule has 1 heterocycles. The summed E-state index contributed by atoms with van der Waals surface area (Å²) in [5, 5.41) is 0.795. The molecule has 1 aliphatic carbocycles. The lowest BCUT2D eigenvalue weighted by Gasteiger charge is -2.35. The molecule has 1 unspecified atom stereocenters. The van der Waals surface area contributed by atoms with Crippen LogP contribution in [0, 0.1) is 5.92 Å². The number of ether oxygens (including phenoxy) is 3. The third-order valence-corrected chi connectivity index (χ3v) is 7.27. The number of hydrogen-bond acceptors (Lipinski definition) is 6. The Kier molecular flexibility index (Phi) is 11.1. The molecule has 7 heteroatoms. The molecule has 0 saturated heterocycles. The van der Waals surface area contributed by atoms with E-state index in [1.807, 2.05) is 39.0 Å². The van der Waals surface area contributed by atoms with E-state index in [2.05, 4.69) is 30.0 Å². The van der Waals surface area contributed by atoms with E-state index in [1.54, 1.807) is 0 Å². The minimum Gasteiger partial charge on any atom is -0.491 e. The van der Waals surface area contributed by atoms with Gasteiger partial charge in [-0.2, -0.15) is 0 Å². The monoisotopic (exact) mass is 557 g/mol. The molecular weight excluding hydrogens is 514 g/mol. The van der Waals surface area contributed by atoms with Crippen molar-refractivity contribution in [3.63, 3.8) is 0 Å². The second-order valence-corrected chi connectivity index (χ2v) is 12.0. The summed E-state index contributed by atoms with van der Waals surface area (Å²) in [7, 11) is 1.43. The molecule has 1 saturated carbocycles. The topological polar surface area (TPSA) is 65.1 Å². The fourth-order valence-electron chi connectivity index (χ4n) is 5.13. The van der Waals surface area contributed by atoms with Crippen molar-refractivity contribution in [3.05, 3.63) is 58.1 Å². The largest absolute Gasteiger partial charge is 0.491 e. The van der Waals surface area contributed by atoms with Crippen LogP contribution in [-0.2, 0) is 31.9 Å². The predicted octanol–water partition coefficient (Wildman–Crippen LogP) is 7.14. The molecule has 0 bridgehead atoms. The summed E-state index contributed by atoms with van der Waals surface area (Å²) in [5.41, 5.74) is 4.40. The maximum absolute atomic E-state index is 11.8. The van der Waals surface area contributed by atoms with E-state index in [0.29, 0.717) is 6.61 Å². The fourth-order valence-corrected chi connectivity index (χ4v) is 5.32. The summed E-state index contributed by atoms with van der Waals surface area (Å²) in [6.07, 6.45) is 6.30. The summed E-state index contributed by atoms with van der Waals surface area (Å²) in [5.74, 6) is 1.47. The number of esters is 2. The molecule has 1 fully saturated rings. The van der Waals surface area contributed by atoms with E-state index in [9.17, 15) is 9.59 Å². The average molecular weight is 558 g/mol. The van der Waals surface area contributed by atoms with E-state index in [1.165, 1.54) is 44.4 Å². The Balaban J connectivity index is 0.000000459. The van der Waals surface area contributed by atoms with Crippen LogP contribution in [0.3, 0.4) is 0 Å². The third-order valence-electron chi connectivity index (χ3n) is 7.04. The first-order valence-electron chi connectivity index (χ1n) is 14.0. The molecule has 0 spiro atoms. The molecule has 0 radical (unpaired) electrons. The molecule has 4 rings (SSSR count). The highest BCUT2D eigenvalue weighted by Gasteiger charge is 2.29. The van der Waals surface area contributed by atoms with Crippen molar-refractivity contribution >= 4 is 29.2 Å². The van der Waals surface area contributed by atoms with Crippen LogP contribution in [0.5, 0.6) is 5.75 Å². The Morgan fingerprint density at radius 3 is 2.44 bits per heavy atom. The first kappa shape index (κ1) is 30.8. The van der Waals surface area contributed by atoms with Crippen LogP contribution in [0.4, 0.5) is 5.69 Å². The molecule has 0 aromatic heterocycles. The van der Waals surface area contributed by atoms with Crippen LogP contribution >= 0.6 is 11.6 Å². The van der Waals surface area contributed by atoms with Crippen molar-refractivity contribution in [1.29, 1.82) is 0 Å². The second kappa shape index (κ2) is 14.1. The molecule has 1 atom stereocenters. The Morgan fingerprint density at radius 1 is 1.13 bits per heavy atom. The number of anilines is 1. The first-order valence-corrected chi connectivity index (χ1v) is 14.4. The minimum absolute atomic E-state index is 0.219. The lowest BCUT2D eigenvalue weighted by atomic mass is 9.84. The number of benzene rings is 2. The second-order valence-electron chi connectivity index (χ2n) is 11.6. The Hall–Kier alpha value is -2.73. The van der Waals surface area contributed by atoms with Crippen LogP contribution in [0.2, 0.25) is 5.02 Å². The number of carbonyl (C=O) groups excluding carboxylic acids is 2. The zero-order valence-electron chi connectivity index (χ0n) is 24.3. The maximum Gasteiger partial charge on any atom is 0.309 e. The van der Waals surface area contributed by atoms with Crippen LogP contribution in [0.25, 0.3) is 0 Å². The maximum atomic E-state index is 11.8. The quantitative estimate of drug-likeness (QED) is 0.337. The summed E-state index contributed by atoms with van der Waals surface area (Å²) < 4.78 is 16.0. The highest BCUT2D eigenvalue weighted by molar-refractivity contribution is 6.30. The van der Waals surface area contributed by atoms with Gasteiger partial charge in [0.1, 0.15) is 11.4 Å². The Morgan fingerprint density at radius 2 is 1.87 bits per heavy atom. The molecule has 2 aromatic carbocycles. The standard InChI is InChI=1S/C26H32ClNO3.C6H12O2/c1-3-5-20-14-22(27)9-10-23(20)21-16-28(15-18-6-4-7-18)24-12-19(13-26(29)30-2)8-11-25(24)31-17-21;1-5(7)8-6(2,3)4/h8-12,14,18,21H,3-7,13,15-17H2,1-2H3;1-4H3. The van der Waals surface area contributed by atoms with Crippen LogP contribution in [0.15, 0.2) is 36.4 Å². The van der Waals surface area contributed by atoms with Gasteiger partial charge in [-0.05, 0) is 86.9 Å². The molecule has 214 valence electrons. The van der Waals surface area contributed by atoms with Crippen molar-refractivity contribution in [1.82, 2.24) is 0 Å². The number of halogens is 1. The van der Waals surface area contributed by atoms with Gasteiger partial charge < -0.3 is 19.1 Å². The fraction of sp³-hybridized carbons (Fsp3) is 0.562. The molecular formula is C32H44ClNO5. The highest BCUT2D eigenvalue weighted by Crippen LogP contribution is 2.39. The number of fused-ring (bicyclic) bond motifs is 1. The van der Waals surface area contributed by atoms with E-state index < -0.39 is 0 Å². The van der Waals surface area contributed by atoms with Crippen LogP contribution in [-0.4, -0.2) is 44.3 Å². The molecule has 0 amide bonds. The number of rotatable bonds is 7. The molecule has 0 N–H and O–H groups in total. The van der Waals surface area contributed by atoms with Gasteiger partial charge in [0.25, 0.3) is 0 Å². The van der Waals surface area contributed by atoms with Gasteiger partial charge in [-0.15, -0.1) is 0 Å². The lowest BCUT2D eigenvalue weighted by molar-refractivity contribution is -0.152. The van der Waals surface area contributed by atoms with Gasteiger partial charge in [0.05, 0.1) is 25.8 Å². The van der Waals surface area contributed by atoms with Crippen molar-refractivity contribution in [2.75, 3.05) is 31.7 Å². The number of carbonyl (C=O) groups is 2. The number of nitrogens with zero attached hydrogens (tertiary/aromatic N) is 1. The van der Waals surface area contributed by atoms with Gasteiger partial charge in [-0.3, -0.25) is 9.59 Å². The summed E-state index contributed by atoms with van der Waals surface area (Å²) in [6.45, 7) is 11.7. The van der Waals surface area contributed by atoms with Gasteiger partial charge in [-0.25, -0.2) is 0 Å². The average Bonchev–Trinajstić information content (AvgIpc) is 3.00. The summed E-state index contributed by atoms with van der Waals surface area (Å²) >= 11 is 6.31. The minimum atomic E-state index is -0.328. The normalized spacial score (nSPS) is 17.0. The van der Waals surface area contributed by atoms with Crippen LogP contribution in [0.1, 0.15) is 82.9 Å². The molecule has 2 aromatic rings. The smallest absolute Gasteiger partial charge is 0.309 e. The SMILES string of the molecule is CC(=O)OC(C)(C)C.CCCc1cc(Cl)ccc1C1COc2ccc(CC(=O)OC)cc2N(CC2CCC2)C1. The van der Waals surface area contributed by atoms with E-state index in [4.69, 9.17) is 25.8 Å². The summed E-state index contributed by atoms with van der Waals surface area (Å²) in [4.78, 5) is 24.5.